The molecule has 0 spiro atoms. The molecule has 5 heteroatoms. The van der Waals surface area contributed by atoms with Crippen molar-refractivity contribution >= 4 is 15.4 Å². The Labute approximate surface area is 133 Å². The molecule has 1 atom stereocenters. The van der Waals surface area contributed by atoms with Crippen LogP contribution in [-0.2, 0) is 13.7 Å². The Morgan fingerprint density at radius 3 is 1.86 bits per heavy atom. The van der Waals surface area contributed by atoms with Crippen LogP contribution in [-0.4, -0.2) is 33.2 Å². The number of rotatable bonds is 5. The monoisotopic (exact) mass is 314 g/mol. The molecule has 1 rings (SSSR count). The molecule has 0 saturated carbocycles. The lowest BCUT2D eigenvalue weighted by atomic mass is 9.78. The van der Waals surface area contributed by atoms with Crippen LogP contribution in [0.3, 0.4) is 0 Å². The first-order chi connectivity index (χ1) is 9.18. The van der Waals surface area contributed by atoms with Crippen LogP contribution in [0.1, 0.15) is 55.4 Å². The van der Waals surface area contributed by atoms with Gasteiger partial charge < -0.3 is 13.7 Å². The lowest BCUT2D eigenvalue weighted by molar-refractivity contribution is 0.00578. The topological polar surface area (TPSA) is 27.7 Å². The molecule has 0 radical (unpaired) electrons. The van der Waals surface area contributed by atoms with Crippen molar-refractivity contribution in [2.75, 3.05) is 6.61 Å². The molecule has 0 amide bonds. The summed E-state index contributed by atoms with van der Waals surface area (Å²) in [5.74, 6) is 0.439. The van der Waals surface area contributed by atoms with Crippen molar-refractivity contribution < 1.29 is 13.7 Å². The van der Waals surface area contributed by atoms with Gasteiger partial charge in [-0.2, -0.15) is 0 Å². The maximum atomic E-state index is 6.30. The largest absolute Gasteiger partial charge is 0.458 e. The van der Waals surface area contributed by atoms with Crippen LogP contribution in [0.25, 0.3) is 0 Å². The minimum atomic E-state index is -1.66. The van der Waals surface area contributed by atoms with Crippen LogP contribution in [0.5, 0.6) is 0 Å². The van der Waals surface area contributed by atoms with Crippen LogP contribution < -0.4 is 0 Å². The summed E-state index contributed by atoms with van der Waals surface area (Å²) in [4.78, 5) is 0. The summed E-state index contributed by atoms with van der Waals surface area (Å²) in [5.41, 5.74) is -0.477. The van der Waals surface area contributed by atoms with E-state index in [9.17, 15) is 0 Å². The first kappa shape index (κ1) is 19.2. The standard InChI is InChI=1S/C16H35BO3Si/c1-13(12-18-21(9,10)14(2,3)4)11-17-19-15(5,6)16(7,8)20-17/h13H,11-12H2,1-10H3. The predicted molar refractivity (Wildman–Crippen MR) is 93.2 cm³/mol. The first-order valence-corrected chi connectivity index (χ1v) is 11.1. The Hall–Kier alpha value is 0.162. The van der Waals surface area contributed by atoms with E-state index >= 15 is 0 Å². The zero-order chi connectivity index (χ0) is 16.7. The third kappa shape index (κ3) is 4.57. The second kappa shape index (κ2) is 5.99. The summed E-state index contributed by atoms with van der Waals surface area (Å²) >= 11 is 0. The zero-order valence-electron chi connectivity index (χ0n) is 15.8. The molecule has 3 nitrogen and oxygen atoms in total. The van der Waals surface area contributed by atoms with Gasteiger partial charge in [-0.1, -0.05) is 27.7 Å². The van der Waals surface area contributed by atoms with Gasteiger partial charge in [0.05, 0.1) is 11.2 Å². The van der Waals surface area contributed by atoms with Gasteiger partial charge in [-0.05, 0) is 58.1 Å². The molecule has 0 bridgehead atoms. The van der Waals surface area contributed by atoms with E-state index in [-0.39, 0.29) is 23.4 Å². The molecular formula is C16H35BO3Si. The van der Waals surface area contributed by atoms with Gasteiger partial charge in [0.15, 0.2) is 8.32 Å². The average molecular weight is 314 g/mol. The summed E-state index contributed by atoms with van der Waals surface area (Å²) < 4.78 is 18.4. The predicted octanol–water partition coefficient (Wildman–Crippen LogP) is 4.74. The molecule has 1 heterocycles. The Morgan fingerprint density at radius 2 is 1.48 bits per heavy atom. The van der Waals surface area contributed by atoms with Crippen LogP contribution in [0.4, 0.5) is 0 Å². The third-order valence-corrected chi connectivity index (χ3v) is 9.93. The van der Waals surface area contributed by atoms with Crippen molar-refractivity contribution in [2.45, 2.75) is 91.0 Å². The van der Waals surface area contributed by atoms with E-state index in [1.807, 2.05) is 0 Å². The summed E-state index contributed by atoms with van der Waals surface area (Å²) in [5, 5.41) is 0.261. The van der Waals surface area contributed by atoms with Crippen molar-refractivity contribution in [3.05, 3.63) is 0 Å². The number of hydrogen-bond donors (Lipinski definition) is 0. The first-order valence-electron chi connectivity index (χ1n) is 8.17. The van der Waals surface area contributed by atoms with Crippen molar-refractivity contribution in [1.82, 2.24) is 0 Å². The summed E-state index contributed by atoms with van der Waals surface area (Å²) in [6.07, 6.45) is 0.890. The third-order valence-electron chi connectivity index (χ3n) is 5.43. The number of hydrogen-bond acceptors (Lipinski definition) is 3. The average Bonchev–Trinajstić information content (AvgIpc) is 2.42. The zero-order valence-corrected chi connectivity index (χ0v) is 16.8. The Balaban J connectivity index is 2.48. The summed E-state index contributed by atoms with van der Waals surface area (Å²) in [6, 6.07) is 0. The van der Waals surface area contributed by atoms with Gasteiger partial charge in [-0.25, -0.2) is 0 Å². The van der Waals surface area contributed by atoms with Crippen molar-refractivity contribution in [2.24, 2.45) is 5.92 Å². The molecule has 124 valence electrons. The highest BCUT2D eigenvalue weighted by molar-refractivity contribution is 6.74. The van der Waals surface area contributed by atoms with Crippen molar-refractivity contribution in [3.8, 4) is 0 Å². The van der Waals surface area contributed by atoms with Gasteiger partial charge in [0.1, 0.15) is 0 Å². The Bertz CT molecular complexity index is 345. The van der Waals surface area contributed by atoms with Gasteiger partial charge in [-0.15, -0.1) is 0 Å². The molecule has 0 N–H and O–H groups in total. The fourth-order valence-corrected chi connectivity index (χ4v) is 3.16. The van der Waals surface area contributed by atoms with Crippen molar-refractivity contribution in [3.63, 3.8) is 0 Å². The van der Waals surface area contributed by atoms with E-state index in [1.165, 1.54) is 0 Å². The Morgan fingerprint density at radius 1 is 1.05 bits per heavy atom. The highest BCUT2D eigenvalue weighted by atomic mass is 28.4. The Kier molecular flexibility index (Phi) is 5.48. The lowest BCUT2D eigenvalue weighted by Gasteiger charge is -2.37. The molecule has 0 aromatic heterocycles. The molecule has 0 aromatic rings. The SMILES string of the molecule is CC(CO[Si](C)(C)C(C)(C)C)CB1OC(C)(C)C(C)(C)O1. The minimum Gasteiger partial charge on any atom is -0.417 e. The van der Waals surface area contributed by atoms with E-state index < -0.39 is 8.32 Å². The lowest BCUT2D eigenvalue weighted by Crippen LogP contribution is -2.42. The second-order valence-corrected chi connectivity index (χ2v) is 13.9. The summed E-state index contributed by atoms with van der Waals surface area (Å²) in [7, 11) is -1.78. The van der Waals surface area contributed by atoms with Gasteiger partial charge in [0.25, 0.3) is 0 Å². The van der Waals surface area contributed by atoms with Crippen LogP contribution in [0.2, 0.25) is 24.5 Å². The van der Waals surface area contributed by atoms with Crippen LogP contribution in [0, 0.1) is 5.92 Å². The highest BCUT2D eigenvalue weighted by Gasteiger charge is 2.51. The molecule has 0 aromatic carbocycles. The maximum Gasteiger partial charge on any atom is 0.458 e. The summed E-state index contributed by atoms with van der Waals surface area (Å²) in [6.45, 7) is 22.8. The van der Waals surface area contributed by atoms with Gasteiger partial charge in [0, 0.05) is 6.61 Å². The molecule has 1 unspecified atom stereocenters. The van der Waals surface area contributed by atoms with Crippen LogP contribution >= 0.6 is 0 Å². The maximum absolute atomic E-state index is 6.30. The van der Waals surface area contributed by atoms with E-state index in [0.717, 1.165) is 12.9 Å². The quantitative estimate of drug-likeness (QED) is 0.686. The molecular weight excluding hydrogens is 279 g/mol. The smallest absolute Gasteiger partial charge is 0.417 e. The normalized spacial score (nSPS) is 23.4. The molecule has 1 fully saturated rings. The molecule has 1 aliphatic heterocycles. The van der Waals surface area contributed by atoms with E-state index in [4.69, 9.17) is 13.7 Å². The molecule has 21 heavy (non-hydrogen) atoms. The van der Waals surface area contributed by atoms with E-state index in [2.05, 4.69) is 68.5 Å². The highest BCUT2D eigenvalue weighted by Crippen LogP contribution is 2.39. The fourth-order valence-electron chi connectivity index (χ4n) is 2.02. The minimum absolute atomic E-state index is 0.118. The molecule has 1 saturated heterocycles. The van der Waals surface area contributed by atoms with E-state index in [1.54, 1.807) is 0 Å². The fraction of sp³-hybridized carbons (Fsp3) is 1.00. The van der Waals surface area contributed by atoms with Gasteiger partial charge >= 0.3 is 7.12 Å². The van der Waals surface area contributed by atoms with Crippen LogP contribution in [0.15, 0.2) is 0 Å². The second-order valence-electron chi connectivity index (χ2n) is 9.10. The van der Waals surface area contributed by atoms with Gasteiger partial charge in [-0.3, -0.25) is 0 Å². The van der Waals surface area contributed by atoms with Crippen molar-refractivity contribution in [1.29, 1.82) is 0 Å². The van der Waals surface area contributed by atoms with Gasteiger partial charge in [0.2, 0.25) is 0 Å². The van der Waals surface area contributed by atoms with E-state index in [0.29, 0.717) is 5.92 Å². The molecule has 0 aliphatic carbocycles. The molecule has 1 aliphatic rings.